The summed E-state index contributed by atoms with van der Waals surface area (Å²) in [5, 5.41) is 9.86. The molecule has 1 aromatic heterocycles. The van der Waals surface area contributed by atoms with E-state index in [2.05, 4.69) is 29.4 Å². The summed E-state index contributed by atoms with van der Waals surface area (Å²) in [4.78, 5) is 26.3. The van der Waals surface area contributed by atoms with Gasteiger partial charge in [0, 0.05) is 31.5 Å². The highest BCUT2D eigenvalue weighted by Crippen LogP contribution is 2.31. The number of likely N-dealkylation sites (tertiary alicyclic amines) is 1. The normalized spacial score (nSPS) is 16.9. The van der Waals surface area contributed by atoms with Gasteiger partial charge in [0.15, 0.2) is 0 Å². The Kier molecular flexibility index (Phi) is 6.34. The van der Waals surface area contributed by atoms with Gasteiger partial charge in [0.2, 0.25) is 5.91 Å². The number of aromatic nitrogens is 2. The van der Waals surface area contributed by atoms with Gasteiger partial charge in [0.25, 0.3) is 5.91 Å². The van der Waals surface area contributed by atoms with Crippen molar-refractivity contribution in [1.82, 2.24) is 15.1 Å². The molecule has 2 aromatic rings. The number of carbonyl (C=O) groups excluding carboxylic acids is 2. The standard InChI is InChI=1S/C21H28N4O3/c1-14(2)13-28-18-8-4-6-16(10-18)21(27)25-9-5-7-17(12-25)20-19(11-22-24-20)23-15(3)26/h4,6,8,10-11,14,17H,5,7,9,12-13H2,1-3H3,(H,22,24)(H,23,26). The smallest absolute Gasteiger partial charge is 0.254 e. The van der Waals surface area contributed by atoms with Crippen molar-refractivity contribution < 1.29 is 14.3 Å². The zero-order valence-electron chi connectivity index (χ0n) is 16.7. The van der Waals surface area contributed by atoms with Gasteiger partial charge in [0.05, 0.1) is 24.2 Å². The SMILES string of the molecule is CC(=O)Nc1cn[nH]c1C1CCCN(C(=O)c2cccc(OCC(C)C)c2)C1. The van der Waals surface area contributed by atoms with Crippen LogP contribution in [0.1, 0.15) is 55.6 Å². The zero-order valence-corrected chi connectivity index (χ0v) is 16.7. The fourth-order valence-corrected chi connectivity index (χ4v) is 3.46. The van der Waals surface area contributed by atoms with Crippen molar-refractivity contribution in [2.75, 3.05) is 25.0 Å². The molecule has 0 spiro atoms. The zero-order chi connectivity index (χ0) is 20.1. The number of amides is 2. The Morgan fingerprint density at radius 1 is 1.39 bits per heavy atom. The molecule has 1 saturated heterocycles. The first-order chi connectivity index (χ1) is 13.4. The van der Waals surface area contributed by atoms with Gasteiger partial charge in [-0.3, -0.25) is 14.7 Å². The summed E-state index contributed by atoms with van der Waals surface area (Å²) in [5.74, 6) is 1.12. The lowest BCUT2D eigenvalue weighted by Crippen LogP contribution is -2.39. The summed E-state index contributed by atoms with van der Waals surface area (Å²) in [6, 6.07) is 7.37. The first-order valence-corrected chi connectivity index (χ1v) is 9.77. The molecule has 28 heavy (non-hydrogen) atoms. The predicted octanol–water partition coefficient (Wildman–Crippen LogP) is 3.42. The summed E-state index contributed by atoms with van der Waals surface area (Å²) >= 11 is 0. The summed E-state index contributed by atoms with van der Waals surface area (Å²) < 4.78 is 5.75. The molecule has 7 heteroatoms. The maximum Gasteiger partial charge on any atom is 0.254 e. The van der Waals surface area contributed by atoms with Gasteiger partial charge in [-0.05, 0) is 37.0 Å². The second-order valence-corrected chi connectivity index (χ2v) is 7.70. The summed E-state index contributed by atoms with van der Waals surface area (Å²) in [7, 11) is 0. The van der Waals surface area contributed by atoms with E-state index < -0.39 is 0 Å². The first kappa shape index (κ1) is 19.9. The Hall–Kier alpha value is -2.83. The van der Waals surface area contributed by atoms with E-state index in [1.54, 1.807) is 6.20 Å². The molecule has 1 fully saturated rings. The van der Waals surface area contributed by atoms with Gasteiger partial charge in [-0.15, -0.1) is 0 Å². The Bertz CT molecular complexity index is 831. The van der Waals surface area contributed by atoms with Crippen molar-refractivity contribution in [1.29, 1.82) is 0 Å². The van der Waals surface area contributed by atoms with Crippen LogP contribution in [-0.4, -0.2) is 46.6 Å². The average molecular weight is 384 g/mol. The molecule has 2 amide bonds. The minimum absolute atomic E-state index is 0.000268. The Morgan fingerprint density at radius 3 is 2.96 bits per heavy atom. The molecule has 7 nitrogen and oxygen atoms in total. The van der Waals surface area contributed by atoms with Crippen LogP contribution in [0.4, 0.5) is 5.69 Å². The third kappa shape index (κ3) is 4.91. The molecule has 2 heterocycles. The van der Waals surface area contributed by atoms with Gasteiger partial charge >= 0.3 is 0 Å². The quantitative estimate of drug-likeness (QED) is 0.799. The molecule has 3 rings (SSSR count). The molecule has 2 N–H and O–H groups in total. The third-order valence-electron chi connectivity index (χ3n) is 4.76. The molecule has 1 atom stereocenters. The molecule has 150 valence electrons. The number of ether oxygens (including phenoxy) is 1. The lowest BCUT2D eigenvalue weighted by Gasteiger charge is -2.32. The number of H-pyrrole nitrogens is 1. The number of aromatic amines is 1. The number of carbonyl (C=O) groups is 2. The summed E-state index contributed by atoms with van der Waals surface area (Å²) in [5.41, 5.74) is 2.20. The van der Waals surface area contributed by atoms with E-state index >= 15 is 0 Å². The van der Waals surface area contributed by atoms with Crippen LogP contribution in [0, 0.1) is 5.92 Å². The van der Waals surface area contributed by atoms with E-state index in [1.165, 1.54) is 6.92 Å². The summed E-state index contributed by atoms with van der Waals surface area (Å²) in [6.07, 6.45) is 3.46. The topological polar surface area (TPSA) is 87.3 Å². The average Bonchev–Trinajstić information content (AvgIpc) is 3.13. The van der Waals surface area contributed by atoms with Crippen molar-refractivity contribution in [3.05, 3.63) is 41.7 Å². The van der Waals surface area contributed by atoms with Gasteiger partial charge in [0.1, 0.15) is 5.75 Å². The lowest BCUT2D eigenvalue weighted by molar-refractivity contribution is -0.114. The number of piperidine rings is 1. The molecular formula is C21H28N4O3. The molecule has 0 aliphatic carbocycles. The highest BCUT2D eigenvalue weighted by Gasteiger charge is 2.28. The summed E-state index contributed by atoms with van der Waals surface area (Å²) in [6.45, 7) is 7.58. The van der Waals surface area contributed by atoms with E-state index in [0.717, 1.165) is 30.8 Å². The molecule has 0 radical (unpaired) electrons. The largest absolute Gasteiger partial charge is 0.493 e. The number of benzene rings is 1. The Morgan fingerprint density at radius 2 is 2.21 bits per heavy atom. The van der Waals surface area contributed by atoms with Crippen LogP contribution in [0.3, 0.4) is 0 Å². The minimum Gasteiger partial charge on any atom is -0.493 e. The monoisotopic (exact) mass is 384 g/mol. The molecule has 1 aliphatic rings. The van der Waals surface area contributed by atoms with Crippen molar-refractivity contribution in [3.8, 4) is 5.75 Å². The van der Waals surface area contributed by atoms with E-state index in [0.29, 0.717) is 30.3 Å². The third-order valence-corrected chi connectivity index (χ3v) is 4.76. The van der Waals surface area contributed by atoms with Crippen LogP contribution in [0.15, 0.2) is 30.5 Å². The van der Waals surface area contributed by atoms with Gasteiger partial charge in [-0.25, -0.2) is 0 Å². The second kappa shape index (κ2) is 8.91. The number of rotatable bonds is 6. The van der Waals surface area contributed by atoms with Gasteiger partial charge < -0.3 is 15.0 Å². The number of nitrogens with zero attached hydrogens (tertiary/aromatic N) is 2. The second-order valence-electron chi connectivity index (χ2n) is 7.70. The van der Waals surface area contributed by atoms with Crippen LogP contribution >= 0.6 is 0 Å². The van der Waals surface area contributed by atoms with Gasteiger partial charge in [-0.1, -0.05) is 19.9 Å². The van der Waals surface area contributed by atoms with Crippen molar-refractivity contribution >= 4 is 17.5 Å². The fraction of sp³-hybridized carbons (Fsp3) is 0.476. The highest BCUT2D eigenvalue weighted by atomic mass is 16.5. The predicted molar refractivity (Wildman–Crippen MR) is 108 cm³/mol. The van der Waals surface area contributed by atoms with Crippen LogP contribution in [0.5, 0.6) is 5.75 Å². The van der Waals surface area contributed by atoms with Crippen LogP contribution < -0.4 is 10.1 Å². The molecule has 1 unspecified atom stereocenters. The van der Waals surface area contributed by atoms with E-state index in [1.807, 2.05) is 29.2 Å². The highest BCUT2D eigenvalue weighted by molar-refractivity contribution is 5.94. The van der Waals surface area contributed by atoms with Crippen molar-refractivity contribution in [2.45, 2.75) is 39.5 Å². The number of nitrogens with one attached hydrogen (secondary N) is 2. The van der Waals surface area contributed by atoms with Gasteiger partial charge in [-0.2, -0.15) is 5.10 Å². The van der Waals surface area contributed by atoms with Crippen LogP contribution in [0.25, 0.3) is 0 Å². The Labute approximate surface area is 165 Å². The lowest BCUT2D eigenvalue weighted by atomic mass is 9.93. The molecule has 0 saturated carbocycles. The number of hydrogen-bond acceptors (Lipinski definition) is 4. The van der Waals surface area contributed by atoms with Crippen LogP contribution in [0.2, 0.25) is 0 Å². The van der Waals surface area contributed by atoms with E-state index in [-0.39, 0.29) is 17.7 Å². The molecule has 0 bridgehead atoms. The van der Waals surface area contributed by atoms with E-state index in [9.17, 15) is 9.59 Å². The Balaban J connectivity index is 1.70. The number of anilines is 1. The minimum atomic E-state index is -0.135. The molecule has 1 aliphatic heterocycles. The molecule has 1 aromatic carbocycles. The van der Waals surface area contributed by atoms with E-state index in [4.69, 9.17) is 4.74 Å². The van der Waals surface area contributed by atoms with Crippen LogP contribution in [-0.2, 0) is 4.79 Å². The first-order valence-electron chi connectivity index (χ1n) is 9.77. The number of hydrogen-bond donors (Lipinski definition) is 2. The fourth-order valence-electron chi connectivity index (χ4n) is 3.46. The van der Waals surface area contributed by atoms with Crippen molar-refractivity contribution in [2.24, 2.45) is 5.92 Å². The molecular weight excluding hydrogens is 356 g/mol. The maximum absolute atomic E-state index is 13.0. The maximum atomic E-state index is 13.0. The van der Waals surface area contributed by atoms with Crippen molar-refractivity contribution in [3.63, 3.8) is 0 Å².